The molecule has 3 aliphatic heterocycles. The van der Waals surface area contributed by atoms with Crippen LogP contribution in [-0.2, 0) is 9.47 Å². The van der Waals surface area contributed by atoms with Gasteiger partial charge >= 0.3 is 0 Å². The largest absolute Gasteiger partial charge is 0.373 e. The van der Waals surface area contributed by atoms with Crippen molar-refractivity contribution in [2.24, 2.45) is 5.92 Å². The summed E-state index contributed by atoms with van der Waals surface area (Å²) >= 11 is 0. The minimum Gasteiger partial charge on any atom is -0.373 e. The quantitative estimate of drug-likeness (QED) is 0.618. The number of nitro benzene ring substituents is 1. The molecule has 0 radical (unpaired) electrons. The van der Waals surface area contributed by atoms with Crippen molar-refractivity contribution in [1.82, 2.24) is 0 Å². The van der Waals surface area contributed by atoms with Gasteiger partial charge in [-0.15, -0.1) is 0 Å². The van der Waals surface area contributed by atoms with E-state index in [1.165, 1.54) is 0 Å². The molecule has 0 saturated carbocycles. The van der Waals surface area contributed by atoms with E-state index >= 15 is 0 Å². The van der Waals surface area contributed by atoms with Crippen LogP contribution in [0, 0.1) is 16.0 Å². The number of hydrogen-bond donors (Lipinski definition) is 0. The minimum atomic E-state index is -0.366. The van der Waals surface area contributed by atoms with Gasteiger partial charge in [0.25, 0.3) is 5.69 Å². The average Bonchev–Trinajstić information content (AvgIpc) is 2.96. The van der Waals surface area contributed by atoms with E-state index in [2.05, 4.69) is 6.92 Å². The Balaban J connectivity index is 1.65. The Labute approximate surface area is 123 Å². The smallest absolute Gasteiger partial charge is 0.269 e. The highest BCUT2D eigenvalue weighted by Crippen LogP contribution is 2.61. The van der Waals surface area contributed by atoms with E-state index in [4.69, 9.17) is 9.47 Å². The fourth-order valence-corrected chi connectivity index (χ4v) is 4.46. The SMILES string of the molecule is C[C@]12CC[C@@]3(CCO[C@H](c4ccc([N+](=O)[O-])cc4)[C@H]3C1)O2. The first kappa shape index (κ1) is 13.2. The predicted octanol–water partition coefficient (Wildman–Crippen LogP) is 3.38. The summed E-state index contributed by atoms with van der Waals surface area (Å²) in [4.78, 5) is 10.4. The van der Waals surface area contributed by atoms with Crippen molar-refractivity contribution < 1.29 is 14.4 Å². The lowest BCUT2D eigenvalue weighted by Crippen LogP contribution is -2.43. The molecule has 0 unspecified atom stereocenters. The highest BCUT2D eigenvalue weighted by Gasteiger charge is 2.62. The molecule has 0 aliphatic carbocycles. The molecular formula is C16H19NO4. The molecule has 1 aromatic carbocycles. The Morgan fingerprint density at radius 2 is 2.00 bits per heavy atom. The monoisotopic (exact) mass is 289 g/mol. The number of fused-ring (bicyclic) bond motifs is 1. The summed E-state index contributed by atoms with van der Waals surface area (Å²) in [6.45, 7) is 2.90. The summed E-state index contributed by atoms with van der Waals surface area (Å²) in [5.41, 5.74) is 1.13. The maximum atomic E-state index is 10.8. The van der Waals surface area contributed by atoms with Crippen LogP contribution in [0.25, 0.3) is 0 Å². The number of ether oxygens (including phenoxy) is 2. The molecule has 3 aliphatic rings. The van der Waals surface area contributed by atoms with Gasteiger partial charge in [-0.2, -0.15) is 0 Å². The lowest BCUT2D eigenvalue weighted by molar-refractivity contribution is -0.384. The van der Waals surface area contributed by atoms with Crippen LogP contribution < -0.4 is 0 Å². The molecule has 5 nitrogen and oxygen atoms in total. The van der Waals surface area contributed by atoms with Crippen LogP contribution in [0.2, 0.25) is 0 Å². The van der Waals surface area contributed by atoms with Crippen LogP contribution in [0.5, 0.6) is 0 Å². The number of nitrogens with zero attached hydrogens (tertiary/aromatic N) is 1. The van der Waals surface area contributed by atoms with E-state index in [-0.39, 0.29) is 27.9 Å². The van der Waals surface area contributed by atoms with E-state index in [0.29, 0.717) is 12.5 Å². The van der Waals surface area contributed by atoms with Crippen molar-refractivity contribution in [2.75, 3.05) is 6.61 Å². The molecule has 3 heterocycles. The normalized spacial score (nSPS) is 41.0. The van der Waals surface area contributed by atoms with Crippen LogP contribution in [0.15, 0.2) is 24.3 Å². The molecular weight excluding hydrogens is 270 g/mol. The molecule has 0 amide bonds. The molecule has 4 atom stereocenters. The maximum absolute atomic E-state index is 10.8. The van der Waals surface area contributed by atoms with E-state index in [9.17, 15) is 10.1 Å². The van der Waals surface area contributed by atoms with E-state index < -0.39 is 0 Å². The van der Waals surface area contributed by atoms with Gasteiger partial charge in [0.15, 0.2) is 0 Å². The molecule has 3 saturated heterocycles. The summed E-state index contributed by atoms with van der Waals surface area (Å²) < 4.78 is 12.4. The Morgan fingerprint density at radius 3 is 2.67 bits per heavy atom. The van der Waals surface area contributed by atoms with Crippen molar-refractivity contribution in [3.05, 3.63) is 39.9 Å². The number of hydrogen-bond acceptors (Lipinski definition) is 4. The number of non-ortho nitro benzene ring substituents is 1. The van der Waals surface area contributed by atoms with Gasteiger partial charge in [-0.3, -0.25) is 10.1 Å². The average molecular weight is 289 g/mol. The topological polar surface area (TPSA) is 61.6 Å². The highest BCUT2D eigenvalue weighted by molar-refractivity contribution is 5.35. The Bertz CT molecular complexity index is 582. The van der Waals surface area contributed by atoms with Crippen LogP contribution in [0.1, 0.15) is 44.3 Å². The standard InChI is InChI=1S/C16H19NO4/c1-15-6-7-16(21-15)8-9-20-14(13(16)10-15)11-2-4-12(5-3-11)17(18)19/h2-5,13-14H,6-10H2,1H3/t13-,14-,15+,16+/m1/s1. The molecule has 112 valence electrons. The van der Waals surface area contributed by atoms with Crippen molar-refractivity contribution >= 4 is 5.69 Å². The van der Waals surface area contributed by atoms with Crippen LogP contribution >= 0.6 is 0 Å². The Kier molecular flexibility index (Phi) is 2.69. The lowest BCUT2D eigenvalue weighted by atomic mass is 9.68. The summed E-state index contributed by atoms with van der Waals surface area (Å²) in [7, 11) is 0. The molecule has 0 N–H and O–H groups in total. The molecule has 3 fully saturated rings. The Hall–Kier alpha value is -1.46. The second-order valence-corrected chi connectivity index (χ2v) is 6.82. The lowest BCUT2D eigenvalue weighted by Gasteiger charge is -2.42. The first-order valence-corrected chi connectivity index (χ1v) is 7.58. The van der Waals surface area contributed by atoms with Gasteiger partial charge in [-0.1, -0.05) is 0 Å². The molecule has 0 aromatic heterocycles. The van der Waals surface area contributed by atoms with Gasteiger partial charge in [0.05, 0.1) is 28.8 Å². The summed E-state index contributed by atoms with van der Waals surface area (Å²) in [6.07, 6.45) is 4.24. The summed E-state index contributed by atoms with van der Waals surface area (Å²) in [5.74, 6) is 0.367. The van der Waals surface area contributed by atoms with Gasteiger partial charge in [-0.05, 0) is 43.9 Å². The number of rotatable bonds is 2. The third kappa shape index (κ3) is 1.91. The molecule has 2 bridgehead atoms. The van der Waals surface area contributed by atoms with Gasteiger partial charge in [-0.25, -0.2) is 0 Å². The molecule has 1 aromatic rings. The van der Waals surface area contributed by atoms with Crippen molar-refractivity contribution in [3.8, 4) is 0 Å². The van der Waals surface area contributed by atoms with Crippen LogP contribution in [-0.4, -0.2) is 22.7 Å². The maximum Gasteiger partial charge on any atom is 0.269 e. The molecule has 4 rings (SSSR count). The predicted molar refractivity (Wildman–Crippen MR) is 76.0 cm³/mol. The first-order valence-electron chi connectivity index (χ1n) is 7.58. The second kappa shape index (κ2) is 4.27. The van der Waals surface area contributed by atoms with E-state index in [1.54, 1.807) is 12.1 Å². The number of benzene rings is 1. The van der Waals surface area contributed by atoms with E-state index in [0.717, 1.165) is 31.2 Å². The van der Waals surface area contributed by atoms with Crippen LogP contribution in [0.4, 0.5) is 5.69 Å². The first-order chi connectivity index (χ1) is 10.0. The van der Waals surface area contributed by atoms with Gasteiger partial charge < -0.3 is 9.47 Å². The van der Waals surface area contributed by atoms with Gasteiger partial charge in [0.2, 0.25) is 0 Å². The van der Waals surface area contributed by atoms with Crippen molar-refractivity contribution in [1.29, 1.82) is 0 Å². The van der Waals surface area contributed by atoms with E-state index in [1.807, 2.05) is 12.1 Å². The zero-order valence-electron chi connectivity index (χ0n) is 12.1. The third-order valence-electron chi connectivity index (χ3n) is 5.47. The molecule has 21 heavy (non-hydrogen) atoms. The Morgan fingerprint density at radius 1 is 1.24 bits per heavy atom. The summed E-state index contributed by atoms with van der Waals surface area (Å²) in [5, 5.41) is 10.8. The molecule has 5 heteroatoms. The fraction of sp³-hybridized carbons (Fsp3) is 0.625. The third-order valence-corrected chi connectivity index (χ3v) is 5.47. The fourth-order valence-electron chi connectivity index (χ4n) is 4.46. The minimum absolute atomic E-state index is 0.00155. The number of nitro groups is 1. The van der Waals surface area contributed by atoms with Gasteiger partial charge in [0, 0.05) is 24.5 Å². The van der Waals surface area contributed by atoms with Gasteiger partial charge in [0.1, 0.15) is 0 Å². The highest BCUT2D eigenvalue weighted by atomic mass is 16.6. The zero-order valence-corrected chi connectivity index (χ0v) is 12.1. The van der Waals surface area contributed by atoms with Crippen molar-refractivity contribution in [3.63, 3.8) is 0 Å². The zero-order chi connectivity index (χ0) is 14.7. The second-order valence-electron chi connectivity index (χ2n) is 6.82. The molecule has 1 spiro atoms. The van der Waals surface area contributed by atoms with Crippen LogP contribution in [0.3, 0.4) is 0 Å². The summed E-state index contributed by atoms with van der Waals surface area (Å²) in [6, 6.07) is 6.79. The van der Waals surface area contributed by atoms with Crippen molar-refractivity contribution in [2.45, 2.75) is 49.9 Å².